The van der Waals surface area contributed by atoms with E-state index in [1.165, 1.54) is 11.0 Å². The van der Waals surface area contributed by atoms with Crippen LogP contribution in [0.1, 0.15) is 41.6 Å². The largest absolute Gasteiger partial charge is 0.507 e. The lowest BCUT2D eigenvalue weighted by molar-refractivity contribution is -0.140. The lowest BCUT2D eigenvalue weighted by Gasteiger charge is -2.25. The molecule has 1 heterocycles. The van der Waals surface area contributed by atoms with Crippen LogP contribution in [0.3, 0.4) is 0 Å². The third kappa shape index (κ3) is 6.23. The van der Waals surface area contributed by atoms with E-state index in [1.54, 1.807) is 50.4 Å². The van der Waals surface area contributed by atoms with Gasteiger partial charge in [0.05, 0.1) is 18.2 Å². The normalized spacial score (nSPS) is 16.5. The van der Waals surface area contributed by atoms with Gasteiger partial charge >= 0.3 is 0 Å². The number of rotatable bonds is 11. The molecule has 1 aliphatic rings. The Bertz CT molecular complexity index is 1360. The van der Waals surface area contributed by atoms with Gasteiger partial charge < -0.3 is 29.3 Å². The molecule has 8 heteroatoms. The number of ketones is 1. The van der Waals surface area contributed by atoms with E-state index in [0.717, 1.165) is 11.1 Å². The molecule has 3 aromatic rings. The van der Waals surface area contributed by atoms with Gasteiger partial charge in [0, 0.05) is 25.8 Å². The maximum Gasteiger partial charge on any atom is 0.295 e. The number of aryl methyl sites for hydroxylation is 1. The van der Waals surface area contributed by atoms with Crippen LogP contribution >= 0.6 is 0 Å². The van der Waals surface area contributed by atoms with E-state index in [4.69, 9.17) is 14.2 Å². The molecule has 204 valence electrons. The Kier molecular flexibility index (Phi) is 8.88. The molecule has 0 aliphatic carbocycles. The zero-order valence-electron chi connectivity index (χ0n) is 22.3. The molecule has 0 radical (unpaired) electrons. The third-order valence-electron chi connectivity index (χ3n) is 6.50. The first-order valence-electron chi connectivity index (χ1n) is 12.9. The number of amides is 1. The third-order valence-corrected chi connectivity index (χ3v) is 6.50. The number of methoxy groups -OCH3 is 1. The van der Waals surface area contributed by atoms with Crippen LogP contribution in [0.4, 0.5) is 0 Å². The summed E-state index contributed by atoms with van der Waals surface area (Å²) < 4.78 is 16.5. The number of aromatic hydroxyl groups is 1. The van der Waals surface area contributed by atoms with Crippen molar-refractivity contribution in [1.29, 1.82) is 0 Å². The summed E-state index contributed by atoms with van der Waals surface area (Å²) in [5.41, 5.74) is 3.07. The van der Waals surface area contributed by atoms with Crippen molar-refractivity contribution in [3.63, 3.8) is 0 Å². The van der Waals surface area contributed by atoms with E-state index in [-0.39, 0.29) is 29.4 Å². The molecule has 1 fully saturated rings. The molecule has 39 heavy (non-hydrogen) atoms. The minimum Gasteiger partial charge on any atom is -0.507 e. The van der Waals surface area contributed by atoms with Gasteiger partial charge in [-0.1, -0.05) is 35.9 Å². The molecular formula is C31H33NO7. The Morgan fingerprint density at radius 3 is 2.46 bits per heavy atom. The number of phenols is 1. The second-order valence-corrected chi connectivity index (χ2v) is 9.30. The van der Waals surface area contributed by atoms with Crippen LogP contribution in [0.2, 0.25) is 0 Å². The van der Waals surface area contributed by atoms with E-state index in [9.17, 15) is 19.8 Å². The Hall–Kier alpha value is -4.30. The summed E-state index contributed by atoms with van der Waals surface area (Å²) in [5.74, 6) is -0.998. The van der Waals surface area contributed by atoms with Crippen molar-refractivity contribution < 1.29 is 34.0 Å². The number of ether oxygens (including phenoxy) is 3. The summed E-state index contributed by atoms with van der Waals surface area (Å²) in [5, 5.41) is 21.5. The molecule has 4 rings (SSSR count). The maximum atomic E-state index is 13.2. The SMILES string of the molecule is CCOc1cc(C2/C(=C(/O)c3ccc(OCc4cccc(C)c4)cc3)C(=O)C(=O)N2CCCOC)ccc1O. The molecule has 3 aromatic carbocycles. The van der Waals surface area contributed by atoms with Crippen LogP contribution in [-0.4, -0.2) is 53.7 Å². The number of Topliss-reactive ketones (excluding diaryl/α,β-unsaturated/α-hetero) is 1. The number of hydrogen-bond donors (Lipinski definition) is 2. The molecule has 1 aliphatic heterocycles. The fourth-order valence-corrected chi connectivity index (χ4v) is 4.64. The molecule has 8 nitrogen and oxygen atoms in total. The Morgan fingerprint density at radius 2 is 1.77 bits per heavy atom. The number of aliphatic hydroxyl groups is 1. The van der Waals surface area contributed by atoms with E-state index in [2.05, 4.69) is 0 Å². The van der Waals surface area contributed by atoms with Gasteiger partial charge in [0.15, 0.2) is 11.5 Å². The van der Waals surface area contributed by atoms with Crippen LogP contribution in [-0.2, 0) is 20.9 Å². The lowest BCUT2D eigenvalue weighted by atomic mass is 9.95. The average molecular weight is 532 g/mol. The second kappa shape index (κ2) is 12.5. The van der Waals surface area contributed by atoms with Gasteiger partial charge in [0.2, 0.25) is 0 Å². The predicted octanol–water partition coefficient (Wildman–Crippen LogP) is 5.14. The van der Waals surface area contributed by atoms with E-state index in [0.29, 0.717) is 43.1 Å². The van der Waals surface area contributed by atoms with Crippen LogP contribution < -0.4 is 9.47 Å². The summed E-state index contributed by atoms with van der Waals surface area (Å²) in [6, 6.07) is 18.6. The molecule has 1 atom stereocenters. The van der Waals surface area contributed by atoms with Crippen LogP contribution in [0, 0.1) is 6.92 Å². The minimum absolute atomic E-state index is 0.0287. The highest BCUT2D eigenvalue weighted by Gasteiger charge is 2.46. The van der Waals surface area contributed by atoms with Crippen LogP contribution in [0.5, 0.6) is 17.2 Å². The fourth-order valence-electron chi connectivity index (χ4n) is 4.64. The molecule has 1 unspecified atom stereocenters. The highest BCUT2D eigenvalue weighted by molar-refractivity contribution is 6.46. The molecule has 1 amide bonds. The van der Waals surface area contributed by atoms with Gasteiger partial charge in [-0.15, -0.1) is 0 Å². The highest BCUT2D eigenvalue weighted by Crippen LogP contribution is 2.42. The summed E-state index contributed by atoms with van der Waals surface area (Å²) in [6.07, 6.45) is 0.503. The molecule has 0 bridgehead atoms. The van der Waals surface area contributed by atoms with Gasteiger partial charge in [-0.05, 0) is 67.8 Å². The van der Waals surface area contributed by atoms with E-state index < -0.39 is 17.7 Å². The van der Waals surface area contributed by atoms with Gasteiger partial charge in [-0.3, -0.25) is 9.59 Å². The topological polar surface area (TPSA) is 106 Å². The molecule has 2 N–H and O–H groups in total. The van der Waals surface area contributed by atoms with Gasteiger partial charge in [-0.25, -0.2) is 0 Å². The van der Waals surface area contributed by atoms with Gasteiger partial charge in [0.25, 0.3) is 11.7 Å². The van der Waals surface area contributed by atoms with Crippen molar-refractivity contribution >= 4 is 17.4 Å². The van der Waals surface area contributed by atoms with Gasteiger partial charge in [-0.2, -0.15) is 0 Å². The molecule has 0 aromatic heterocycles. The van der Waals surface area contributed by atoms with Crippen molar-refractivity contribution in [2.45, 2.75) is 32.9 Å². The quantitative estimate of drug-likeness (QED) is 0.153. The van der Waals surface area contributed by atoms with Crippen molar-refractivity contribution in [2.24, 2.45) is 0 Å². The smallest absolute Gasteiger partial charge is 0.295 e. The van der Waals surface area contributed by atoms with Crippen molar-refractivity contribution in [1.82, 2.24) is 4.90 Å². The highest BCUT2D eigenvalue weighted by atomic mass is 16.5. The number of carbonyl (C=O) groups excluding carboxylic acids is 2. The maximum absolute atomic E-state index is 13.2. The fraction of sp³-hybridized carbons (Fsp3) is 0.290. The summed E-state index contributed by atoms with van der Waals surface area (Å²) in [4.78, 5) is 27.8. The summed E-state index contributed by atoms with van der Waals surface area (Å²) >= 11 is 0. The number of nitrogens with zero attached hydrogens (tertiary/aromatic N) is 1. The minimum atomic E-state index is -0.862. The van der Waals surface area contributed by atoms with E-state index >= 15 is 0 Å². The summed E-state index contributed by atoms with van der Waals surface area (Å²) in [7, 11) is 1.56. The summed E-state index contributed by atoms with van der Waals surface area (Å²) in [6.45, 7) is 5.17. The Balaban J connectivity index is 1.67. The predicted molar refractivity (Wildman–Crippen MR) is 147 cm³/mol. The number of aliphatic hydroxyl groups excluding tert-OH is 1. The first-order valence-corrected chi connectivity index (χ1v) is 12.9. The number of carbonyl (C=O) groups is 2. The number of hydrogen-bond acceptors (Lipinski definition) is 7. The second-order valence-electron chi connectivity index (χ2n) is 9.30. The number of phenolic OH excluding ortho intramolecular Hbond substituents is 1. The van der Waals surface area contributed by atoms with Crippen molar-refractivity contribution in [3.8, 4) is 17.2 Å². The molecular weight excluding hydrogens is 498 g/mol. The molecule has 0 saturated carbocycles. The van der Waals surface area contributed by atoms with E-state index in [1.807, 2.05) is 31.2 Å². The first-order chi connectivity index (χ1) is 18.8. The van der Waals surface area contributed by atoms with Crippen LogP contribution in [0.25, 0.3) is 5.76 Å². The standard InChI is InChI=1S/C31H33NO7/c1-4-38-26-18-23(11-14-25(26)33)28-27(30(35)31(36)32(28)15-6-16-37-3)29(34)22-9-12-24(13-10-22)39-19-21-8-5-7-20(2)17-21/h5,7-14,17-18,28,33-34H,4,6,15-16,19H2,1-3H3/b29-27-. The monoisotopic (exact) mass is 531 g/mol. The van der Waals surface area contributed by atoms with Gasteiger partial charge in [0.1, 0.15) is 18.1 Å². The average Bonchev–Trinajstić information content (AvgIpc) is 3.18. The lowest BCUT2D eigenvalue weighted by Crippen LogP contribution is -2.31. The first kappa shape index (κ1) is 27.7. The zero-order chi connectivity index (χ0) is 27.9. The van der Waals surface area contributed by atoms with Crippen molar-refractivity contribution in [2.75, 3.05) is 26.9 Å². The Morgan fingerprint density at radius 1 is 1.00 bits per heavy atom. The Labute approximate surface area is 228 Å². The zero-order valence-corrected chi connectivity index (χ0v) is 22.3. The number of benzene rings is 3. The number of likely N-dealkylation sites (tertiary alicyclic amines) is 1. The molecule has 1 saturated heterocycles. The van der Waals surface area contributed by atoms with Crippen molar-refractivity contribution in [3.05, 3.63) is 94.6 Å². The molecule has 0 spiro atoms. The van der Waals surface area contributed by atoms with Crippen LogP contribution in [0.15, 0.2) is 72.3 Å².